The van der Waals surface area contributed by atoms with E-state index in [4.69, 9.17) is 0 Å². The summed E-state index contributed by atoms with van der Waals surface area (Å²) < 4.78 is 0.993. The lowest BCUT2D eigenvalue weighted by atomic mass is 9.71. The predicted molar refractivity (Wildman–Crippen MR) is 87.9 cm³/mol. The van der Waals surface area contributed by atoms with Gasteiger partial charge in [0, 0.05) is 34.7 Å². The molecule has 1 saturated heterocycles. The van der Waals surface area contributed by atoms with Crippen molar-refractivity contribution in [3.05, 3.63) is 28.2 Å². The second kappa shape index (κ2) is 5.73. The van der Waals surface area contributed by atoms with Crippen LogP contribution in [0.25, 0.3) is 0 Å². The lowest BCUT2D eigenvalue weighted by Gasteiger charge is -2.48. The maximum atomic E-state index is 11.9. The molecule has 21 heavy (non-hydrogen) atoms. The van der Waals surface area contributed by atoms with Crippen LogP contribution in [-0.2, 0) is 0 Å². The van der Waals surface area contributed by atoms with Gasteiger partial charge >= 0.3 is 0 Å². The number of anilines is 1. The number of carbonyl (C=O) groups excluding carboxylic acids is 1. The van der Waals surface area contributed by atoms with Crippen LogP contribution in [0.15, 0.2) is 22.7 Å². The van der Waals surface area contributed by atoms with Gasteiger partial charge < -0.3 is 10.0 Å². The Kier molecular flexibility index (Phi) is 4.10. The van der Waals surface area contributed by atoms with Crippen molar-refractivity contribution in [3.8, 4) is 0 Å². The molecule has 3 rings (SSSR count). The number of nitrogens with zero attached hydrogens (tertiary/aromatic N) is 1. The number of Topliss-reactive ketones (excluding diaryl/α,β-unsaturated/α-hetero) is 1. The Bertz CT molecular complexity index is 560. The number of benzene rings is 1. The minimum Gasteiger partial charge on any atom is -0.389 e. The van der Waals surface area contributed by atoms with E-state index in [1.54, 1.807) is 6.92 Å². The third-order valence-electron chi connectivity index (χ3n) is 5.11. The number of carbonyl (C=O) groups is 1. The molecule has 1 N–H and O–H groups in total. The number of aliphatic hydroxyl groups is 1. The number of halogens is 1. The van der Waals surface area contributed by atoms with Gasteiger partial charge in [-0.05, 0) is 44.4 Å². The van der Waals surface area contributed by atoms with Gasteiger partial charge in [-0.3, -0.25) is 4.79 Å². The highest BCUT2D eigenvalue weighted by Gasteiger charge is 2.43. The summed E-state index contributed by atoms with van der Waals surface area (Å²) in [5.74, 6) is 0.431. The molecule has 1 saturated carbocycles. The molecule has 2 atom stereocenters. The van der Waals surface area contributed by atoms with Gasteiger partial charge in [-0.1, -0.05) is 28.8 Å². The molecule has 1 aliphatic carbocycles. The maximum absolute atomic E-state index is 11.9. The summed E-state index contributed by atoms with van der Waals surface area (Å²) in [5, 5.41) is 10.8. The van der Waals surface area contributed by atoms with Gasteiger partial charge in [-0.25, -0.2) is 0 Å². The second-order valence-corrected chi connectivity index (χ2v) is 7.38. The van der Waals surface area contributed by atoms with Crippen LogP contribution in [0.4, 0.5) is 5.69 Å². The van der Waals surface area contributed by atoms with Crippen LogP contribution in [0, 0.1) is 5.92 Å². The van der Waals surface area contributed by atoms with Crippen LogP contribution in [-0.4, -0.2) is 29.6 Å². The maximum Gasteiger partial charge on any atom is 0.161 e. The Morgan fingerprint density at radius 2 is 2.19 bits per heavy atom. The minimum atomic E-state index is -0.475. The van der Waals surface area contributed by atoms with Crippen LogP contribution in [0.3, 0.4) is 0 Å². The minimum absolute atomic E-state index is 0.0991. The third-order valence-corrected chi connectivity index (χ3v) is 5.60. The molecule has 114 valence electrons. The Morgan fingerprint density at radius 1 is 1.38 bits per heavy atom. The van der Waals surface area contributed by atoms with E-state index in [9.17, 15) is 9.90 Å². The topological polar surface area (TPSA) is 40.5 Å². The van der Waals surface area contributed by atoms with E-state index < -0.39 is 5.60 Å². The number of rotatable bonds is 2. The molecule has 4 heteroatoms. The highest BCUT2D eigenvalue weighted by molar-refractivity contribution is 9.10. The Labute approximate surface area is 134 Å². The van der Waals surface area contributed by atoms with E-state index in [0.29, 0.717) is 5.92 Å². The van der Waals surface area contributed by atoms with Crippen LogP contribution < -0.4 is 4.90 Å². The molecule has 0 radical (unpaired) electrons. The van der Waals surface area contributed by atoms with Gasteiger partial charge in [0.05, 0.1) is 5.60 Å². The summed E-state index contributed by atoms with van der Waals surface area (Å²) >= 11 is 3.50. The summed E-state index contributed by atoms with van der Waals surface area (Å²) in [6, 6.07) is 5.84. The van der Waals surface area contributed by atoms with Crippen molar-refractivity contribution in [2.45, 2.75) is 44.6 Å². The van der Waals surface area contributed by atoms with E-state index >= 15 is 0 Å². The van der Waals surface area contributed by atoms with Crippen molar-refractivity contribution in [2.24, 2.45) is 5.92 Å². The standard InChI is InChI=1S/C17H22BrNO2/c1-12(20)15-6-5-14(18)10-16(15)19-9-8-17(21)7-3-2-4-13(17)11-19/h5-6,10,13,21H,2-4,7-9,11H2,1H3. The smallest absolute Gasteiger partial charge is 0.161 e. The number of piperidine rings is 1. The number of hydrogen-bond acceptors (Lipinski definition) is 3. The number of fused-ring (bicyclic) bond motifs is 1. The number of ketones is 1. The SMILES string of the molecule is CC(=O)c1ccc(Br)cc1N1CCC2(O)CCCCC2C1. The molecule has 1 aromatic carbocycles. The monoisotopic (exact) mass is 351 g/mol. The van der Waals surface area contributed by atoms with Crippen LogP contribution in [0.5, 0.6) is 0 Å². The summed E-state index contributed by atoms with van der Waals surface area (Å²) in [6.07, 6.45) is 5.18. The normalized spacial score (nSPS) is 29.1. The highest BCUT2D eigenvalue weighted by Crippen LogP contribution is 2.41. The quantitative estimate of drug-likeness (QED) is 0.824. The van der Waals surface area contributed by atoms with Crippen molar-refractivity contribution in [1.82, 2.24) is 0 Å². The third kappa shape index (κ3) is 2.88. The van der Waals surface area contributed by atoms with Gasteiger partial charge in [-0.2, -0.15) is 0 Å². The zero-order chi connectivity index (χ0) is 15.0. The fraction of sp³-hybridized carbons (Fsp3) is 0.588. The van der Waals surface area contributed by atoms with E-state index in [-0.39, 0.29) is 5.78 Å². The van der Waals surface area contributed by atoms with Gasteiger partial charge in [-0.15, -0.1) is 0 Å². The number of hydrogen-bond donors (Lipinski definition) is 1. The summed E-state index contributed by atoms with van der Waals surface area (Å²) in [6.45, 7) is 3.30. The molecule has 0 spiro atoms. The van der Waals surface area contributed by atoms with Gasteiger partial charge in [0.15, 0.2) is 5.78 Å². The Hall–Kier alpha value is -0.870. The average Bonchev–Trinajstić information content (AvgIpc) is 2.45. The lowest BCUT2D eigenvalue weighted by Crippen LogP contribution is -2.53. The molecule has 2 unspecified atom stereocenters. The predicted octanol–water partition coefficient (Wildman–Crippen LogP) is 3.78. The first-order valence-corrected chi connectivity index (χ1v) is 8.57. The zero-order valence-corrected chi connectivity index (χ0v) is 14.0. The van der Waals surface area contributed by atoms with Crippen molar-refractivity contribution in [2.75, 3.05) is 18.0 Å². The van der Waals surface area contributed by atoms with Crippen molar-refractivity contribution < 1.29 is 9.90 Å². The molecule has 0 amide bonds. The molecular weight excluding hydrogens is 330 g/mol. The Balaban J connectivity index is 1.88. The first kappa shape index (κ1) is 15.0. The van der Waals surface area contributed by atoms with Crippen molar-refractivity contribution >= 4 is 27.4 Å². The molecule has 0 bridgehead atoms. The van der Waals surface area contributed by atoms with Crippen LogP contribution in [0.1, 0.15) is 49.4 Å². The largest absolute Gasteiger partial charge is 0.389 e. The molecule has 1 heterocycles. The van der Waals surface area contributed by atoms with E-state index in [1.165, 1.54) is 6.42 Å². The first-order chi connectivity index (χ1) is 9.99. The average molecular weight is 352 g/mol. The lowest BCUT2D eigenvalue weighted by molar-refractivity contribution is -0.0612. The fourth-order valence-corrected chi connectivity index (χ4v) is 4.20. The summed E-state index contributed by atoms with van der Waals surface area (Å²) in [4.78, 5) is 14.2. The zero-order valence-electron chi connectivity index (χ0n) is 12.4. The summed E-state index contributed by atoms with van der Waals surface area (Å²) in [5.41, 5.74) is 1.31. The van der Waals surface area contributed by atoms with Gasteiger partial charge in [0.25, 0.3) is 0 Å². The van der Waals surface area contributed by atoms with E-state index in [0.717, 1.165) is 54.5 Å². The highest BCUT2D eigenvalue weighted by atomic mass is 79.9. The fourth-order valence-electron chi connectivity index (χ4n) is 3.85. The molecule has 2 aliphatic rings. The van der Waals surface area contributed by atoms with E-state index in [1.807, 2.05) is 18.2 Å². The van der Waals surface area contributed by atoms with Crippen molar-refractivity contribution in [3.63, 3.8) is 0 Å². The summed E-state index contributed by atoms with van der Waals surface area (Å²) in [7, 11) is 0. The van der Waals surface area contributed by atoms with Crippen LogP contribution in [0.2, 0.25) is 0 Å². The molecule has 2 fully saturated rings. The first-order valence-electron chi connectivity index (χ1n) is 7.77. The molecule has 1 aliphatic heterocycles. The Morgan fingerprint density at radius 3 is 2.95 bits per heavy atom. The van der Waals surface area contributed by atoms with Gasteiger partial charge in [0.2, 0.25) is 0 Å². The van der Waals surface area contributed by atoms with Crippen LogP contribution >= 0.6 is 15.9 Å². The van der Waals surface area contributed by atoms with E-state index in [2.05, 4.69) is 20.8 Å². The molecule has 3 nitrogen and oxygen atoms in total. The molecule has 0 aromatic heterocycles. The van der Waals surface area contributed by atoms with Crippen molar-refractivity contribution in [1.29, 1.82) is 0 Å². The molecule has 1 aromatic rings. The molecular formula is C17H22BrNO2. The second-order valence-electron chi connectivity index (χ2n) is 6.46. The van der Waals surface area contributed by atoms with Gasteiger partial charge in [0.1, 0.15) is 0 Å².